The molecule has 28 heavy (non-hydrogen) atoms. The minimum Gasteiger partial charge on any atom is -0.506 e. The third-order valence-electron chi connectivity index (χ3n) is 4.93. The molecule has 0 radical (unpaired) electrons. The number of phenolic OH excluding ortho intramolecular Hbond substituents is 1. The standard InChI is InChI=1S/C22H32N4OS/c1-15-13-26(14-16(2)24-15)21(23-12-18-7-6-10-28-18)25-19-11-17(22(3,4)5)8-9-20(19)27/h6-11,15-16,24,27H,12-14H2,1-5H3,(H,23,25). The molecule has 0 spiro atoms. The van der Waals surface area contributed by atoms with Crippen LogP contribution in [0, 0.1) is 0 Å². The highest BCUT2D eigenvalue weighted by molar-refractivity contribution is 7.09. The fraction of sp³-hybridized carbons (Fsp3) is 0.500. The van der Waals surface area contributed by atoms with E-state index >= 15 is 0 Å². The highest BCUT2D eigenvalue weighted by Gasteiger charge is 2.24. The van der Waals surface area contributed by atoms with E-state index in [4.69, 9.17) is 4.99 Å². The lowest BCUT2D eigenvalue weighted by Crippen LogP contribution is -2.57. The number of anilines is 1. The molecule has 2 aromatic rings. The summed E-state index contributed by atoms with van der Waals surface area (Å²) in [6.45, 7) is 13.3. The molecule has 0 amide bonds. The van der Waals surface area contributed by atoms with Crippen molar-refractivity contribution >= 4 is 23.0 Å². The van der Waals surface area contributed by atoms with Gasteiger partial charge < -0.3 is 20.6 Å². The van der Waals surface area contributed by atoms with Crippen molar-refractivity contribution in [3.05, 3.63) is 46.2 Å². The Hall–Kier alpha value is -2.05. The first-order valence-electron chi connectivity index (χ1n) is 9.90. The molecule has 6 heteroatoms. The summed E-state index contributed by atoms with van der Waals surface area (Å²) in [5, 5.41) is 19.5. The van der Waals surface area contributed by atoms with Crippen LogP contribution in [-0.2, 0) is 12.0 Å². The average molecular weight is 401 g/mol. The van der Waals surface area contributed by atoms with Crippen LogP contribution in [0.1, 0.15) is 45.1 Å². The van der Waals surface area contributed by atoms with E-state index < -0.39 is 0 Å². The van der Waals surface area contributed by atoms with Gasteiger partial charge in [-0.15, -0.1) is 11.3 Å². The molecule has 1 aliphatic rings. The normalized spacial score (nSPS) is 21.0. The third kappa shape index (κ3) is 5.26. The van der Waals surface area contributed by atoms with E-state index in [1.54, 1.807) is 17.4 Å². The number of hydrogen-bond acceptors (Lipinski definition) is 4. The molecule has 1 fully saturated rings. The summed E-state index contributed by atoms with van der Waals surface area (Å²) >= 11 is 1.71. The van der Waals surface area contributed by atoms with Crippen LogP contribution in [0.25, 0.3) is 0 Å². The van der Waals surface area contributed by atoms with E-state index in [-0.39, 0.29) is 11.2 Å². The molecule has 1 saturated heterocycles. The third-order valence-corrected chi connectivity index (χ3v) is 5.79. The minimum absolute atomic E-state index is 0.0104. The Morgan fingerprint density at radius 2 is 1.96 bits per heavy atom. The number of rotatable bonds is 3. The van der Waals surface area contributed by atoms with E-state index in [0.29, 0.717) is 24.3 Å². The smallest absolute Gasteiger partial charge is 0.199 e. The van der Waals surface area contributed by atoms with Crippen LogP contribution in [-0.4, -0.2) is 41.1 Å². The van der Waals surface area contributed by atoms with Gasteiger partial charge in [-0.05, 0) is 48.4 Å². The van der Waals surface area contributed by atoms with Crippen LogP contribution in [0.5, 0.6) is 5.75 Å². The van der Waals surface area contributed by atoms with Gasteiger partial charge in [0.15, 0.2) is 5.96 Å². The zero-order valence-corrected chi connectivity index (χ0v) is 18.3. The largest absolute Gasteiger partial charge is 0.506 e. The number of nitrogens with zero attached hydrogens (tertiary/aromatic N) is 2. The average Bonchev–Trinajstić information content (AvgIpc) is 3.11. The molecule has 2 heterocycles. The second-order valence-electron chi connectivity index (χ2n) is 8.70. The molecule has 152 valence electrons. The van der Waals surface area contributed by atoms with Crippen molar-refractivity contribution in [2.24, 2.45) is 4.99 Å². The first-order valence-corrected chi connectivity index (χ1v) is 10.8. The molecule has 1 aliphatic heterocycles. The molecule has 0 aliphatic carbocycles. The SMILES string of the molecule is CC1CN(C(=NCc2cccs2)Nc2cc(C(C)(C)C)ccc2O)CC(C)N1. The molecule has 2 unspecified atom stereocenters. The fourth-order valence-corrected chi connectivity index (χ4v) is 4.12. The Labute approximate surface area is 172 Å². The Morgan fingerprint density at radius 1 is 1.25 bits per heavy atom. The van der Waals surface area contributed by atoms with Gasteiger partial charge in [0.05, 0.1) is 12.2 Å². The maximum atomic E-state index is 10.5. The van der Waals surface area contributed by atoms with Crippen molar-refractivity contribution in [2.75, 3.05) is 18.4 Å². The number of guanidine groups is 1. The number of hydrogen-bond donors (Lipinski definition) is 3. The summed E-state index contributed by atoms with van der Waals surface area (Å²) in [5.41, 5.74) is 1.89. The van der Waals surface area contributed by atoms with Gasteiger partial charge in [-0.1, -0.05) is 32.9 Å². The van der Waals surface area contributed by atoms with Crippen LogP contribution >= 0.6 is 11.3 Å². The van der Waals surface area contributed by atoms with Gasteiger partial charge in [0, 0.05) is 30.1 Å². The highest BCUT2D eigenvalue weighted by atomic mass is 32.1. The summed E-state index contributed by atoms with van der Waals surface area (Å²) in [6.07, 6.45) is 0. The molecule has 0 saturated carbocycles. The Kier molecular flexibility index (Phi) is 6.30. The molecule has 3 N–H and O–H groups in total. The van der Waals surface area contributed by atoms with Crippen LogP contribution in [0.3, 0.4) is 0 Å². The number of benzene rings is 1. The highest BCUT2D eigenvalue weighted by Crippen LogP contribution is 2.31. The minimum atomic E-state index is 0.0104. The van der Waals surface area contributed by atoms with E-state index in [1.165, 1.54) is 10.4 Å². The fourth-order valence-electron chi connectivity index (χ4n) is 3.50. The Bertz CT molecular complexity index is 800. The van der Waals surface area contributed by atoms with Crippen molar-refractivity contribution in [1.82, 2.24) is 10.2 Å². The monoisotopic (exact) mass is 400 g/mol. The summed E-state index contributed by atoms with van der Waals surface area (Å²) in [4.78, 5) is 8.40. The van der Waals surface area contributed by atoms with Crippen molar-refractivity contribution in [3.8, 4) is 5.75 Å². The molecule has 5 nitrogen and oxygen atoms in total. The molecule has 1 aromatic heterocycles. The summed E-state index contributed by atoms with van der Waals surface area (Å²) in [5.74, 6) is 1.06. The van der Waals surface area contributed by atoms with E-state index in [0.717, 1.165) is 19.0 Å². The number of phenols is 1. The lowest BCUT2D eigenvalue weighted by Gasteiger charge is -2.38. The maximum absolute atomic E-state index is 10.5. The predicted molar refractivity (Wildman–Crippen MR) is 120 cm³/mol. The van der Waals surface area contributed by atoms with Crippen LogP contribution < -0.4 is 10.6 Å². The molecular formula is C22H32N4OS. The number of nitrogens with one attached hydrogen (secondary N) is 2. The van der Waals surface area contributed by atoms with E-state index in [9.17, 15) is 5.11 Å². The lowest BCUT2D eigenvalue weighted by molar-refractivity contribution is 0.254. The van der Waals surface area contributed by atoms with Gasteiger partial charge in [0.1, 0.15) is 5.75 Å². The first-order chi connectivity index (χ1) is 13.2. The number of aliphatic imine (C=N–C) groups is 1. The number of piperazine rings is 1. The zero-order valence-electron chi connectivity index (χ0n) is 17.5. The van der Waals surface area contributed by atoms with Gasteiger partial charge in [-0.25, -0.2) is 4.99 Å². The molecule has 2 atom stereocenters. The van der Waals surface area contributed by atoms with E-state index in [1.807, 2.05) is 12.1 Å². The Balaban J connectivity index is 1.90. The van der Waals surface area contributed by atoms with Gasteiger partial charge in [-0.2, -0.15) is 0 Å². The van der Waals surface area contributed by atoms with Crippen LogP contribution in [0.15, 0.2) is 40.7 Å². The summed E-state index contributed by atoms with van der Waals surface area (Å²) in [7, 11) is 0. The predicted octanol–water partition coefficient (Wildman–Crippen LogP) is 4.40. The van der Waals surface area contributed by atoms with Crippen molar-refractivity contribution in [3.63, 3.8) is 0 Å². The van der Waals surface area contributed by atoms with Crippen LogP contribution in [0.4, 0.5) is 5.69 Å². The second kappa shape index (κ2) is 8.53. The number of aromatic hydroxyl groups is 1. The van der Waals surface area contributed by atoms with Crippen molar-refractivity contribution in [2.45, 2.75) is 58.7 Å². The molecular weight excluding hydrogens is 368 g/mol. The van der Waals surface area contributed by atoms with Crippen molar-refractivity contribution in [1.29, 1.82) is 0 Å². The maximum Gasteiger partial charge on any atom is 0.199 e. The summed E-state index contributed by atoms with van der Waals surface area (Å²) < 4.78 is 0. The second-order valence-corrected chi connectivity index (χ2v) is 9.73. The van der Waals surface area contributed by atoms with Gasteiger partial charge >= 0.3 is 0 Å². The number of thiophene rings is 1. The molecule has 3 rings (SSSR count). The quantitative estimate of drug-likeness (QED) is 0.406. The van der Waals surface area contributed by atoms with Crippen LogP contribution in [0.2, 0.25) is 0 Å². The van der Waals surface area contributed by atoms with Gasteiger partial charge in [0.2, 0.25) is 0 Å². The molecule has 1 aromatic carbocycles. The summed E-state index contributed by atoms with van der Waals surface area (Å²) in [6, 6.07) is 10.7. The zero-order chi connectivity index (χ0) is 20.3. The lowest BCUT2D eigenvalue weighted by atomic mass is 9.87. The topological polar surface area (TPSA) is 59.9 Å². The molecule has 0 bridgehead atoms. The van der Waals surface area contributed by atoms with E-state index in [2.05, 4.69) is 67.7 Å². The Morgan fingerprint density at radius 3 is 2.57 bits per heavy atom. The first kappa shape index (κ1) is 20.7. The van der Waals surface area contributed by atoms with Gasteiger partial charge in [-0.3, -0.25) is 0 Å². The van der Waals surface area contributed by atoms with Crippen molar-refractivity contribution < 1.29 is 5.11 Å². The van der Waals surface area contributed by atoms with Gasteiger partial charge in [0.25, 0.3) is 0 Å².